The van der Waals surface area contributed by atoms with Crippen molar-refractivity contribution < 1.29 is 4.74 Å². The Bertz CT molecular complexity index is 601. The van der Waals surface area contributed by atoms with Gasteiger partial charge in [0.25, 0.3) is 5.19 Å². The predicted molar refractivity (Wildman–Crippen MR) is 88.7 cm³/mol. The molecule has 1 fully saturated rings. The van der Waals surface area contributed by atoms with Crippen molar-refractivity contribution in [2.75, 3.05) is 18.0 Å². The standard InChI is InChI=1S/C16H22N4OS/c1-16(2,3)14-17-7-4-13(19-14)20-9-5-12(6-10-20)21-15-18-8-11-22-15/h4,7-8,11-12H,5-6,9-10H2,1-3H3. The molecule has 3 heterocycles. The quantitative estimate of drug-likeness (QED) is 0.869. The maximum atomic E-state index is 5.91. The Hall–Kier alpha value is -1.69. The van der Waals surface area contributed by atoms with E-state index in [1.807, 2.05) is 17.6 Å². The minimum Gasteiger partial charge on any atom is -0.467 e. The van der Waals surface area contributed by atoms with Crippen LogP contribution in [0.15, 0.2) is 23.8 Å². The molecule has 0 unspecified atom stereocenters. The van der Waals surface area contributed by atoms with Crippen molar-refractivity contribution in [1.29, 1.82) is 0 Å². The second-order valence-corrected chi connectivity index (χ2v) is 7.45. The Morgan fingerprint density at radius 1 is 1.18 bits per heavy atom. The van der Waals surface area contributed by atoms with Crippen LogP contribution < -0.4 is 9.64 Å². The van der Waals surface area contributed by atoms with Gasteiger partial charge >= 0.3 is 0 Å². The van der Waals surface area contributed by atoms with E-state index in [0.717, 1.165) is 42.8 Å². The first-order chi connectivity index (χ1) is 10.5. The van der Waals surface area contributed by atoms with Gasteiger partial charge in [-0.15, -0.1) is 0 Å². The number of hydrogen-bond acceptors (Lipinski definition) is 6. The summed E-state index contributed by atoms with van der Waals surface area (Å²) < 4.78 is 5.91. The van der Waals surface area contributed by atoms with E-state index in [1.165, 1.54) is 0 Å². The monoisotopic (exact) mass is 318 g/mol. The molecule has 0 aliphatic carbocycles. The molecule has 6 heteroatoms. The van der Waals surface area contributed by atoms with E-state index in [0.29, 0.717) is 0 Å². The molecule has 3 rings (SSSR count). The van der Waals surface area contributed by atoms with Crippen molar-refractivity contribution in [2.45, 2.75) is 45.1 Å². The average Bonchev–Trinajstić information content (AvgIpc) is 3.00. The summed E-state index contributed by atoms with van der Waals surface area (Å²) in [5.74, 6) is 1.92. The number of rotatable bonds is 3. The lowest BCUT2D eigenvalue weighted by molar-refractivity contribution is 0.170. The Morgan fingerprint density at radius 3 is 2.59 bits per heavy atom. The van der Waals surface area contributed by atoms with Crippen LogP contribution in [0.25, 0.3) is 0 Å². The maximum absolute atomic E-state index is 5.91. The SMILES string of the molecule is CC(C)(C)c1nccc(N2CCC(Oc3nccs3)CC2)n1. The molecule has 118 valence electrons. The molecule has 0 spiro atoms. The fourth-order valence-electron chi connectivity index (χ4n) is 2.50. The third-order valence-corrected chi connectivity index (χ3v) is 4.42. The fraction of sp³-hybridized carbons (Fsp3) is 0.562. The van der Waals surface area contributed by atoms with E-state index < -0.39 is 0 Å². The van der Waals surface area contributed by atoms with Crippen LogP contribution in [-0.2, 0) is 5.41 Å². The Balaban J connectivity index is 1.61. The van der Waals surface area contributed by atoms with Gasteiger partial charge in [-0.25, -0.2) is 15.0 Å². The van der Waals surface area contributed by atoms with E-state index in [-0.39, 0.29) is 11.5 Å². The highest BCUT2D eigenvalue weighted by Crippen LogP contribution is 2.25. The zero-order chi connectivity index (χ0) is 15.6. The lowest BCUT2D eigenvalue weighted by Crippen LogP contribution is -2.39. The zero-order valence-corrected chi connectivity index (χ0v) is 14.1. The van der Waals surface area contributed by atoms with Crippen molar-refractivity contribution >= 4 is 17.2 Å². The summed E-state index contributed by atoms with van der Waals surface area (Å²) in [4.78, 5) is 15.6. The lowest BCUT2D eigenvalue weighted by Gasteiger charge is -2.32. The van der Waals surface area contributed by atoms with Gasteiger partial charge in [0.2, 0.25) is 0 Å². The molecule has 1 aliphatic rings. The van der Waals surface area contributed by atoms with Gasteiger partial charge in [0.15, 0.2) is 0 Å². The highest BCUT2D eigenvalue weighted by atomic mass is 32.1. The number of piperidine rings is 1. The maximum Gasteiger partial charge on any atom is 0.273 e. The summed E-state index contributed by atoms with van der Waals surface area (Å²) in [6.45, 7) is 8.33. The summed E-state index contributed by atoms with van der Waals surface area (Å²) >= 11 is 1.55. The first-order valence-electron chi connectivity index (χ1n) is 7.67. The Labute approximate surface area is 135 Å². The third kappa shape index (κ3) is 3.55. The molecular formula is C16H22N4OS. The van der Waals surface area contributed by atoms with Gasteiger partial charge in [0, 0.05) is 49.1 Å². The van der Waals surface area contributed by atoms with Crippen LogP contribution in [0.2, 0.25) is 0 Å². The van der Waals surface area contributed by atoms with E-state index >= 15 is 0 Å². The third-order valence-electron chi connectivity index (χ3n) is 3.75. The molecule has 0 bridgehead atoms. The summed E-state index contributed by atoms with van der Waals surface area (Å²) in [7, 11) is 0. The van der Waals surface area contributed by atoms with Crippen LogP contribution in [0.5, 0.6) is 5.19 Å². The minimum absolute atomic E-state index is 0.0255. The molecule has 0 amide bonds. The number of thiazole rings is 1. The molecule has 0 saturated carbocycles. The van der Waals surface area contributed by atoms with Crippen molar-refractivity contribution in [3.05, 3.63) is 29.7 Å². The van der Waals surface area contributed by atoms with Crippen molar-refractivity contribution in [1.82, 2.24) is 15.0 Å². The van der Waals surface area contributed by atoms with Gasteiger partial charge in [0.1, 0.15) is 17.7 Å². The number of nitrogens with zero attached hydrogens (tertiary/aromatic N) is 4. The molecule has 0 radical (unpaired) electrons. The first-order valence-corrected chi connectivity index (χ1v) is 8.55. The molecule has 2 aromatic rings. The van der Waals surface area contributed by atoms with E-state index in [2.05, 4.69) is 35.6 Å². The minimum atomic E-state index is -0.0255. The smallest absolute Gasteiger partial charge is 0.273 e. The number of aromatic nitrogens is 3. The van der Waals surface area contributed by atoms with E-state index in [4.69, 9.17) is 9.72 Å². The number of hydrogen-bond donors (Lipinski definition) is 0. The van der Waals surface area contributed by atoms with Crippen LogP contribution in [0.3, 0.4) is 0 Å². The lowest BCUT2D eigenvalue weighted by atomic mass is 9.96. The normalized spacial score (nSPS) is 16.8. The topological polar surface area (TPSA) is 51.1 Å². The number of ether oxygens (including phenoxy) is 1. The highest BCUT2D eigenvalue weighted by Gasteiger charge is 2.24. The van der Waals surface area contributed by atoms with Crippen molar-refractivity contribution in [2.24, 2.45) is 0 Å². The number of anilines is 1. The summed E-state index contributed by atoms with van der Waals surface area (Å²) in [6, 6.07) is 2.00. The predicted octanol–water partition coefficient (Wildman–Crippen LogP) is 3.28. The fourth-order valence-corrected chi connectivity index (χ4v) is 3.05. The van der Waals surface area contributed by atoms with Crippen LogP contribution in [0.1, 0.15) is 39.4 Å². The summed E-state index contributed by atoms with van der Waals surface area (Å²) in [5, 5.41) is 2.72. The van der Waals surface area contributed by atoms with E-state index in [1.54, 1.807) is 17.5 Å². The van der Waals surface area contributed by atoms with Gasteiger partial charge in [-0.2, -0.15) is 0 Å². The summed E-state index contributed by atoms with van der Waals surface area (Å²) in [5.41, 5.74) is -0.0255. The molecule has 5 nitrogen and oxygen atoms in total. The van der Waals surface area contributed by atoms with Gasteiger partial charge in [-0.05, 0) is 6.07 Å². The van der Waals surface area contributed by atoms with Crippen LogP contribution >= 0.6 is 11.3 Å². The largest absolute Gasteiger partial charge is 0.467 e. The van der Waals surface area contributed by atoms with Crippen molar-refractivity contribution in [3.63, 3.8) is 0 Å². The van der Waals surface area contributed by atoms with Gasteiger partial charge in [-0.1, -0.05) is 32.1 Å². The molecule has 1 aliphatic heterocycles. The average molecular weight is 318 g/mol. The zero-order valence-electron chi connectivity index (χ0n) is 13.3. The molecule has 0 N–H and O–H groups in total. The molecule has 0 atom stereocenters. The van der Waals surface area contributed by atoms with Crippen LogP contribution in [0, 0.1) is 0 Å². The summed E-state index contributed by atoms with van der Waals surface area (Å²) in [6.07, 6.45) is 5.89. The Kier molecular flexibility index (Phi) is 4.29. The first kappa shape index (κ1) is 15.2. The second kappa shape index (κ2) is 6.20. The van der Waals surface area contributed by atoms with E-state index in [9.17, 15) is 0 Å². The molecular weight excluding hydrogens is 296 g/mol. The molecule has 1 saturated heterocycles. The highest BCUT2D eigenvalue weighted by molar-refractivity contribution is 7.11. The molecule has 0 aromatic carbocycles. The van der Waals surface area contributed by atoms with Gasteiger partial charge < -0.3 is 9.64 Å². The van der Waals surface area contributed by atoms with Crippen molar-refractivity contribution in [3.8, 4) is 5.19 Å². The molecule has 22 heavy (non-hydrogen) atoms. The molecule has 2 aromatic heterocycles. The van der Waals surface area contributed by atoms with Crippen LogP contribution in [-0.4, -0.2) is 34.1 Å². The van der Waals surface area contributed by atoms with Crippen LogP contribution in [0.4, 0.5) is 5.82 Å². The van der Waals surface area contributed by atoms with Gasteiger partial charge in [0.05, 0.1) is 0 Å². The Morgan fingerprint density at radius 2 is 1.95 bits per heavy atom. The van der Waals surface area contributed by atoms with Gasteiger partial charge in [-0.3, -0.25) is 0 Å². The second-order valence-electron chi connectivity index (χ2n) is 6.59.